The standard InChI is InChI=1S/C12H23NO/c1-3-13(4-2)10-9-11-5-7-12(14)8-6-11/h5,12,14H,3-4,6-10H2,1-2H3. The van der Waals surface area contributed by atoms with Gasteiger partial charge in [0.05, 0.1) is 6.10 Å². The van der Waals surface area contributed by atoms with Gasteiger partial charge in [-0.05, 0) is 38.8 Å². The molecule has 0 bridgehead atoms. The van der Waals surface area contributed by atoms with Crippen molar-refractivity contribution >= 4 is 0 Å². The Morgan fingerprint density at radius 3 is 2.64 bits per heavy atom. The first kappa shape index (κ1) is 11.7. The minimum atomic E-state index is -0.0767. The molecule has 0 aromatic heterocycles. The Labute approximate surface area is 87.6 Å². The first-order valence-electron chi connectivity index (χ1n) is 5.84. The average Bonchev–Trinajstić information content (AvgIpc) is 2.22. The minimum absolute atomic E-state index is 0.0767. The maximum Gasteiger partial charge on any atom is 0.0577 e. The zero-order chi connectivity index (χ0) is 10.4. The number of nitrogens with zero attached hydrogens (tertiary/aromatic N) is 1. The molecule has 2 nitrogen and oxygen atoms in total. The van der Waals surface area contributed by atoms with Crippen LogP contribution in [0, 0.1) is 0 Å². The molecule has 1 aliphatic rings. The van der Waals surface area contributed by atoms with Crippen LogP contribution in [0.2, 0.25) is 0 Å². The van der Waals surface area contributed by atoms with E-state index in [-0.39, 0.29) is 6.10 Å². The normalized spacial score (nSPS) is 22.6. The highest BCUT2D eigenvalue weighted by Crippen LogP contribution is 2.20. The summed E-state index contributed by atoms with van der Waals surface area (Å²) in [7, 11) is 0. The topological polar surface area (TPSA) is 23.5 Å². The lowest BCUT2D eigenvalue weighted by molar-refractivity contribution is 0.161. The highest BCUT2D eigenvalue weighted by molar-refractivity contribution is 5.07. The predicted molar refractivity (Wildman–Crippen MR) is 60.3 cm³/mol. The zero-order valence-corrected chi connectivity index (χ0v) is 9.50. The van der Waals surface area contributed by atoms with Crippen LogP contribution in [-0.2, 0) is 0 Å². The van der Waals surface area contributed by atoms with Crippen LogP contribution < -0.4 is 0 Å². The van der Waals surface area contributed by atoms with E-state index in [2.05, 4.69) is 24.8 Å². The van der Waals surface area contributed by atoms with Crippen molar-refractivity contribution in [2.75, 3.05) is 19.6 Å². The molecule has 1 aliphatic carbocycles. The number of hydrogen-bond donors (Lipinski definition) is 1. The summed E-state index contributed by atoms with van der Waals surface area (Å²) in [4.78, 5) is 2.45. The van der Waals surface area contributed by atoms with Crippen molar-refractivity contribution in [3.8, 4) is 0 Å². The summed E-state index contributed by atoms with van der Waals surface area (Å²) in [5.74, 6) is 0. The molecule has 1 rings (SSSR count). The molecule has 0 amide bonds. The lowest BCUT2D eigenvalue weighted by Gasteiger charge is -2.21. The van der Waals surface area contributed by atoms with Gasteiger partial charge in [0.25, 0.3) is 0 Å². The summed E-state index contributed by atoms with van der Waals surface area (Å²) >= 11 is 0. The van der Waals surface area contributed by atoms with E-state index in [9.17, 15) is 5.11 Å². The molecule has 2 heteroatoms. The zero-order valence-electron chi connectivity index (χ0n) is 9.50. The summed E-state index contributed by atoms with van der Waals surface area (Å²) < 4.78 is 0. The van der Waals surface area contributed by atoms with Gasteiger partial charge in [-0.1, -0.05) is 25.5 Å². The molecular weight excluding hydrogens is 174 g/mol. The molecule has 1 atom stereocenters. The van der Waals surface area contributed by atoms with Crippen molar-refractivity contribution in [3.05, 3.63) is 11.6 Å². The molecule has 1 N–H and O–H groups in total. The van der Waals surface area contributed by atoms with E-state index in [1.54, 1.807) is 5.57 Å². The molecule has 1 unspecified atom stereocenters. The summed E-state index contributed by atoms with van der Waals surface area (Å²) in [6, 6.07) is 0. The molecule has 0 spiro atoms. The van der Waals surface area contributed by atoms with Crippen molar-refractivity contribution < 1.29 is 5.11 Å². The molecule has 14 heavy (non-hydrogen) atoms. The number of rotatable bonds is 5. The van der Waals surface area contributed by atoms with Gasteiger partial charge in [0.15, 0.2) is 0 Å². The predicted octanol–water partition coefficient (Wildman–Crippen LogP) is 2.19. The second-order valence-corrected chi connectivity index (χ2v) is 4.07. The quantitative estimate of drug-likeness (QED) is 0.683. The van der Waals surface area contributed by atoms with Gasteiger partial charge in [-0.25, -0.2) is 0 Å². The second kappa shape index (κ2) is 6.20. The van der Waals surface area contributed by atoms with E-state index < -0.39 is 0 Å². The average molecular weight is 197 g/mol. The monoisotopic (exact) mass is 197 g/mol. The molecule has 0 radical (unpaired) electrons. The Morgan fingerprint density at radius 2 is 2.14 bits per heavy atom. The molecule has 0 saturated carbocycles. The third-order valence-corrected chi connectivity index (χ3v) is 3.12. The van der Waals surface area contributed by atoms with Crippen LogP contribution in [-0.4, -0.2) is 35.7 Å². The van der Waals surface area contributed by atoms with E-state index in [0.29, 0.717) is 0 Å². The Morgan fingerprint density at radius 1 is 1.43 bits per heavy atom. The van der Waals surface area contributed by atoms with Crippen molar-refractivity contribution in [1.82, 2.24) is 4.90 Å². The van der Waals surface area contributed by atoms with E-state index >= 15 is 0 Å². The molecule has 0 aliphatic heterocycles. The lowest BCUT2D eigenvalue weighted by atomic mass is 9.95. The number of aliphatic hydroxyl groups is 1. The largest absolute Gasteiger partial charge is 0.393 e. The van der Waals surface area contributed by atoms with Crippen LogP contribution >= 0.6 is 0 Å². The summed E-state index contributed by atoms with van der Waals surface area (Å²) in [6.45, 7) is 7.89. The van der Waals surface area contributed by atoms with Gasteiger partial charge < -0.3 is 10.0 Å². The van der Waals surface area contributed by atoms with Gasteiger partial charge in [-0.3, -0.25) is 0 Å². The van der Waals surface area contributed by atoms with E-state index in [1.807, 2.05) is 0 Å². The fraction of sp³-hybridized carbons (Fsp3) is 0.833. The summed E-state index contributed by atoms with van der Waals surface area (Å²) in [5.41, 5.74) is 1.54. The molecular formula is C12H23NO. The van der Waals surface area contributed by atoms with Crippen LogP contribution in [0.15, 0.2) is 11.6 Å². The van der Waals surface area contributed by atoms with Gasteiger partial charge in [0.2, 0.25) is 0 Å². The van der Waals surface area contributed by atoms with Gasteiger partial charge in [0, 0.05) is 6.54 Å². The smallest absolute Gasteiger partial charge is 0.0577 e. The summed E-state index contributed by atoms with van der Waals surface area (Å²) in [5, 5.41) is 9.34. The van der Waals surface area contributed by atoms with Crippen molar-refractivity contribution in [3.63, 3.8) is 0 Å². The SMILES string of the molecule is CCN(CC)CCC1=CCC(O)CC1. The van der Waals surface area contributed by atoms with Crippen LogP contribution in [0.1, 0.15) is 39.5 Å². The third-order valence-electron chi connectivity index (χ3n) is 3.12. The highest BCUT2D eigenvalue weighted by Gasteiger charge is 2.11. The molecule has 0 fully saturated rings. The molecule has 0 aromatic rings. The van der Waals surface area contributed by atoms with Crippen LogP contribution in [0.25, 0.3) is 0 Å². The van der Waals surface area contributed by atoms with Crippen LogP contribution in [0.4, 0.5) is 0 Å². The Kier molecular flexibility index (Phi) is 5.20. The Balaban J connectivity index is 2.24. The van der Waals surface area contributed by atoms with Gasteiger partial charge in [-0.15, -0.1) is 0 Å². The fourth-order valence-corrected chi connectivity index (χ4v) is 1.94. The molecule has 0 saturated heterocycles. The van der Waals surface area contributed by atoms with Crippen LogP contribution in [0.3, 0.4) is 0 Å². The van der Waals surface area contributed by atoms with Gasteiger partial charge >= 0.3 is 0 Å². The van der Waals surface area contributed by atoms with E-state index in [0.717, 1.165) is 32.4 Å². The maximum absolute atomic E-state index is 9.34. The number of aliphatic hydroxyl groups excluding tert-OH is 1. The molecule has 0 aromatic carbocycles. The Bertz CT molecular complexity index is 185. The van der Waals surface area contributed by atoms with Crippen molar-refractivity contribution in [2.24, 2.45) is 0 Å². The minimum Gasteiger partial charge on any atom is -0.393 e. The van der Waals surface area contributed by atoms with E-state index in [1.165, 1.54) is 13.0 Å². The van der Waals surface area contributed by atoms with Crippen LogP contribution in [0.5, 0.6) is 0 Å². The molecule has 82 valence electrons. The van der Waals surface area contributed by atoms with Gasteiger partial charge in [0.1, 0.15) is 0 Å². The third kappa shape index (κ3) is 3.81. The first-order chi connectivity index (χ1) is 6.76. The Hall–Kier alpha value is -0.340. The lowest BCUT2D eigenvalue weighted by Crippen LogP contribution is -2.24. The maximum atomic E-state index is 9.34. The first-order valence-corrected chi connectivity index (χ1v) is 5.84. The number of hydrogen-bond acceptors (Lipinski definition) is 2. The van der Waals surface area contributed by atoms with Crippen molar-refractivity contribution in [2.45, 2.75) is 45.6 Å². The molecule has 0 heterocycles. The highest BCUT2D eigenvalue weighted by atomic mass is 16.3. The van der Waals surface area contributed by atoms with Gasteiger partial charge in [-0.2, -0.15) is 0 Å². The van der Waals surface area contributed by atoms with E-state index in [4.69, 9.17) is 0 Å². The second-order valence-electron chi connectivity index (χ2n) is 4.07. The summed E-state index contributed by atoms with van der Waals surface area (Å²) in [6.07, 6.45) is 6.28. The fourth-order valence-electron chi connectivity index (χ4n) is 1.94. The van der Waals surface area contributed by atoms with Crippen molar-refractivity contribution in [1.29, 1.82) is 0 Å².